The number of rotatable bonds is 1. The first-order valence-electron chi connectivity index (χ1n) is 6.73. The van der Waals surface area contributed by atoms with Crippen molar-refractivity contribution in [3.63, 3.8) is 0 Å². The fraction of sp³-hybridized carbons (Fsp3) is 0.375. The normalized spacial score (nSPS) is 27.0. The zero-order chi connectivity index (χ0) is 13.5. The minimum Gasteiger partial charge on any atom is -0.355 e. The van der Waals surface area contributed by atoms with Crippen molar-refractivity contribution in [3.8, 4) is 0 Å². The SMILES string of the molecule is CC1=C2CCNC(=O)C2(c2ccccc2)CCC1=O. The van der Waals surface area contributed by atoms with E-state index < -0.39 is 5.41 Å². The monoisotopic (exact) mass is 255 g/mol. The van der Waals surface area contributed by atoms with Gasteiger partial charge in [0, 0.05) is 13.0 Å². The Bertz CT molecular complexity index is 574. The number of carbonyl (C=O) groups is 2. The average Bonchev–Trinajstić information content (AvgIpc) is 2.45. The number of amides is 1. The first-order chi connectivity index (χ1) is 9.16. The van der Waals surface area contributed by atoms with Gasteiger partial charge in [-0.1, -0.05) is 30.3 Å². The second-order valence-corrected chi connectivity index (χ2v) is 5.30. The van der Waals surface area contributed by atoms with Crippen LogP contribution >= 0.6 is 0 Å². The highest BCUT2D eigenvalue weighted by atomic mass is 16.2. The molecular formula is C16H17NO2. The van der Waals surface area contributed by atoms with Crippen LogP contribution in [0.25, 0.3) is 0 Å². The fourth-order valence-corrected chi connectivity index (χ4v) is 3.40. The maximum atomic E-state index is 12.5. The molecule has 1 aliphatic carbocycles. The van der Waals surface area contributed by atoms with E-state index in [0.717, 1.165) is 23.1 Å². The van der Waals surface area contributed by atoms with E-state index in [0.29, 0.717) is 19.4 Å². The van der Waals surface area contributed by atoms with E-state index in [-0.39, 0.29) is 11.7 Å². The van der Waals surface area contributed by atoms with E-state index in [4.69, 9.17) is 0 Å². The lowest BCUT2D eigenvalue weighted by Gasteiger charge is -2.42. The van der Waals surface area contributed by atoms with Gasteiger partial charge >= 0.3 is 0 Å². The van der Waals surface area contributed by atoms with Gasteiger partial charge in [-0.25, -0.2) is 0 Å². The van der Waals surface area contributed by atoms with Crippen LogP contribution in [0.15, 0.2) is 41.5 Å². The second-order valence-electron chi connectivity index (χ2n) is 5.30. The van der Waals surface area contributed by atoms with Crippen molar-refractivity contribution in [2.75, 3.05) is 6.54 Å². The van der Waals surface area contributed by atoms with E-state index in [1.54, 1.807) is 0 Å². The number of ketones is 1. The average molecular weight is 255 g/mol. The van der Waals surface area contributed by atoms with Crippen LogP contribution in [0.1, 0.15) is 31.7 Å². The predicted octanol–water partition coefficient (Wildman–Crippen LogP) is 2.12. The quantitative estimate of drug-likeness (QED) is 0.835. The zero-order valence-corrected chi connectivity index (χ0v) is 11.0. The molecular weight excluding hydrogens is 238 g/mol. The minimum atomic E-state index is -0.614. The molecule has 2 aliphatic rings. The van der Waals surface area contributed by atoms with Gasteiger partial charge in [0.1, 0.15) is 0 Å². The first kappa shape index (κ1) is 12.2. The summed E-state index contributed by atoms with van der Waals surface area (Å²) < 4.78 is 0. The van der Waals surface area contributed by atoms with Crippen molar-refractivity contribution >= 4 is 11.7 Å². The summed E-state index contributed by atoms with van der Waals surface area (Å²) in [5.74, 6) is 0.239. The van der Waals surface area contributed by atoms with Crippen molar-refractivity contribution in [1.29, 1.82) is 0 Å². The van der Waals surface area contributed by atoms with Crippen molar-refractivity contribution in [2.24, 2.45) is 0 Å². The van der Waals surface area contributed by atoms with Crippen LogP contribution in [0.4, 0.5) is 0 Å². The Labute approximate surface area is 112 Å². The molecule has 1 unspecified atom stereocenters. The van der Waals surface area contributed by atoms with Gasteiger partial charge in [-0.2, -0.15) is 0 Å². The molecule has 19 heavy (non-hydrogen) atoms. The van der Waals surface area contributed by atoms with E-state index in [2.05, 4.69) is 5.32 Å². The predicted molar refractivity (Wildman–Crippen MR) is 72.7 cm³/mol. The summed E-state index contributed by atoms with van der Waals surface area (Å²) in [7, 11) is 0. The molecule has 1 atom stereocenters. The lowest BCUT2D eigenvalue weighted by atomic mass is 9.62. The highest BCUT2D eigenvalue weighted by molar-refractivity contribution is 6.03. The molecule has 0 saturated carbocycles. The number of allylic oxidation sites excluding steroid dienone is 1. The van der Waals surface area contributed by atoms with Crippen LogP contribution in [0.3, 0.4) is 0 Å². The Morgan fingerprint density at radius 3 is 2.58 bits per heavy atom. The molecule has 1 fully saturated rings. The van der Waals surface area contributed by atoms with E-state index in [1.165, 1.54) is 0 Å². The van der Waals surface area contributed by atoms with Gasteiger partial charge in [0.2, 0.25) is 5.91 Å². The van der Waals surface area contributed by atoms with Crippen LogP contribution in [0.2, 0.25) is 0 Å². The summed E-state index contributed by atoms with van der Waals surface area (Å²) in [5.41, 5.74) is 2.22. The van der Waals surface area contributed by atoms with Gasteiger partial charge in [0.25, 0.3) is 0 Å². The van der Waals surface area contributed by atoms with E-state index >= 15 is 0 Å². The van der Waals surface area contributed by atoms with Crippen molar-refractivity contribution in [1.82, 2.24) is 5.32 Å². The van der Waals surface area contributed by atoms with Crippen molar-refractivity contribution < 1.29 is 9.59 Å². The second kappa shape index (κ2) is 4.34. The Morgan fingerprint density at radius 1 is 1.11 bits per heavy atom. The molecule has 1 aromatic rings. The van der Waals surface area contributed by atoms with Crippen LogP contribution in [-0.4, -0.2) is 18.2 Å². The number of benzene rings is 1. The molecule has 1 aromatic carbocycles. The number of hydrogen-bond donors (Lipinski definition) is 1. The number of fused-ring (bicyclic) bond motifs is 1. The number of hydrogen-bond acceptors (Lipinski definition) is 2. The van der Waals surface area contributed by atoms with Crippen LogP contribution < -0.4 is 5.32 Å². The maximum Gasteiger partial charge on any atom is 0.234 e. The summed E-state index contributed by atoms with van der Waals surface area (Å²) in [6.07, 6.45) is 1.82. The van der Waals surface area contributed by atoms with Gasteiger partial charge in [-0.3, -0.25) is 9.59 Å². The largest absolute Gasteiger partial charge is 0.355 e. The lowest BCUT2D eigenvalue weighted by molar-refractivity contribution is -0.127. The van der Waals surface area contributed by atoms with Gasteiger partial charge < -0.3 is 5.32 Å². The molecule has 0 bridgehead atoms. The molecule has 1 heterocycles. The van der Waals surface area contributed by atoms with Crippen LogP contribution in [0.5, 0.6) is 0 Å². The lowest BCUT2D eigenvalue weighted by Crippen LogP contribution is -2.53. The maximum absolute atomic E-state index is 12.5. The van der Waals surface area contributed by atoms with Crippen LogP contribution in [-0.2, 0) is 15.0 Å². The number of carbonyl (C=O) groups excluding carboxylic acids is 2. The molecule has 1 aliphatic heterocycles. The number of Topliss-reactive ketones (excluding diaryl/α,β-unsaturated/α-hetero) is 1. The molecule has 1 amide bonds. The highest BCUT2D eigenvalue weighted by Crippen LogP contribution is 2.45. The molecule has 98 valence electrons. The zero-order valence-electron chi connectivity index (χ0n) is 11.0. The van der Waals surface area contributed by atoms with Gasteiger partial charge in [-0.15, -0.1) is 0 Å². The van der Waals surface area contributed by atoms with E-state index in [9.17, 15) is 9.59 Å². The molecule has 1 N–H and O–H groups in total. The summed E-state index contributed by atoms with van der Waals surface area (Å²) in [6, 6.07) is 9.84. The Morgan fingerprint density at radius 2 is 1.84 bits per heavy atom. The molecule has 1 saturated heterocycles. The third-order valence-electron chi connectivity index (χ3n) is 4.43. The van der Waals surface area contributed by atoms with Crippen LogP contribution in [0, 0.1) is 0 Å². The molecule has 0 aromatic heterocycles. The Hall–Kier alpha value is -1.90. The van der Waals surface area contributed by atoms with E-state index in [1.807, 2.05) is 37.3 Å². The molecule has 3 nitrogen and oxygen atoms in total. The standard InChI is InChI=1S/C16H17NO2/c1-11-13-8-10-17-15(19)16(13,9-7-14(11)18)12-5-3-2-4-6-12/h2-6H,7-10H2,1H3,(H,17,19). The Kier molecular flexibility index (Phi) is 2.77. The van der Waals surface area contributed by atoms with Gasteiger partial charge in [0.05, 0.1) is 5.41 Å². The third-order valence-corrected chi connectivity index (χ3v) is 4.43. The number of nitrogens with one attached hydrogen (secondary N) is 1. The summed E-state index contributed by atoms with van der Waals surface area (Å²) in [5, 5.41) is 2.97. The molecule has 3 rings (SSSR count). The molecule has 0 spiro atoms. The molecule has 3 heteroatoms. The smallest absolute Gasteiger partial charge is 0.234 e. The summed E-state index contributed by atoms with van der Waals surface area (Å²) in [4.78, 5) is 24.5. The van der Waals surface area contributed by atoms with Gasteiger partial charge in [0.15, 0.2) is 5.78 Å². The topological polar surface area (TPSA) is 46.2 Å². The summed E-state index contributed by atoms with van der Waals surface area (Å²) in [6.45, 7) is 2.50. The summed E-state index contributed by atoms with van der Waals surface area (Å²) >= 11 is 0. The Balaban J connectivity index is 2.24. The minimum absolute atomic E-state index is 0.0480. The van der Waals surface area contributed by atoms with Gasteiger partial charge in [-0.05, 0) is 36.5 Å². The van der Waals surface area contributed by atoms with Crippen molar-refractivity contribution in [3.05, 3.63) is 47.0 Å². The third kappa shape index (κ3) is 1.65. The molecule has 0 radical (unpaired) electrons. The first-order valence-corrected chi connectivity index (χ1v) is 6.73. The fourth-order valence-electron chi connectivity index (χ4n) is 3.40. The highest BCUT2D eigenvalue weighted by Gasteiger charge is 2.48. The van der Waals surface area contributed by atoms with Crippen molar-refractivity contribution in [2.45, 2.75) is 31.6 Å². The number of piperidine rings is 1.